The smallest absolute Gasteiger partial charge is 0.253 e. The summed E-state index contributed by atoms with van der Waals surface area (Å²) in [5.74, 6) is -0.551. The van der Waals surface area contributed by atoms with E-state index >= 15 is 0 Å². The lowest BCUT2D eigenvalue weighted by Gasteiger charge is -2.19. The minimum atomic E-state index is -0.294. The Balaban J connectivity index is 1.79. The predicted octanol–water partition coefficient (Wildman–Crippen LogP) is 2.56. The van der Waals surface area contributed by atoms with E-state index in [0.717, 1.165) is 16.5 Å². The Hall–Kier alpha value is -2.75. The molecule has 0 unspecified atom stereocenters. The first-order valence-corrected chi connectivity index (χ1v) is 6.79. The standard InChI is InChI=1S/C17H14N2O2/c20-16-7-3-4-10-19(16)17(21)9-8-13-11-14-5-1-2-6-15(14)18-12-13/h1-3,5-9,11-12H,4,10H2/b9-8+. The van der Waals surface area contributed by atoms with Crippen LogP contribution in [0.25, 0.3) is 17.0 Å². The van der Waals surface area contributed by atoms with E-state index in [1.807, 2.05) is 30.3 Å². The summed E-state index contributed by atoms with van der Waals surface area (Å²) in [7, 11) is 0. The van der Waals surface area contributed by atoms with Gasteiger partial charge in [0.05, 0.1) is 5.52 Å². The van der Waals surface area contributed by atoms with Crippen molar-refractivity contribution in [1.29, 1.82) is 0 Å². The van der Waals surface area contributed by atoms with Gasteiger partial charge < -0.3 is 0 Å². The third-order valence-corrected chi connectivity index (χ3v) is 3.34. The number of imide groups is 1. The highest BCUT2D eigenvalue weighted by atomic mass is 16.2. The number of hydrogen-bond donors (Lipinski definition) is 0. The summed E-state index contributed by atoms with van der Waals surface area (Å²) in [6.45, 7) is 0.439. The Kier molecular flexibility index (Phi) is 3.60. The molecule has 0 radical (unpaired) electrons. The second-order valence-electron chi connectivity index (χ2n) is 4.81. The Morgan fingerprint density at radius 2 is 2.14 bits per heavy atom. The number of hydrogen-bond acceptors (Lipinski definition) is 3. The maximum absolute atomic E-state index is 12.0. The molecule has 1 aliphatic heterocycles. The molecule has 0 saturated heterocycles. The lowest BCUT2D eigenvalue weighted by molar-refractivity contribution is -0.139. The van der Waals surface area contributed by atoms with Crippen LogP contribution in [0.5, 0.6) is 0 Å². The topological polar surface area (TPSA) is 50.3 Å². The maximum Gasteiger partial charge on any atom is 0.253 e. The van der Waals surface area contributed by atoms with Gasteiger partial charge >= 0.3 is 0 Å². The predicted molar refractivity (Wildman–Crippen MR) is 81.3 cm³/mol. The van der Waals surface area contributed by atoms with Gasteiger partial charge in [0.15, 0.2) is 0 Å². The normalized spacial score (nSPS) is 15.0. The summed E-state index contributed by atoms with van der Waals surface area (Å²) in [6, 6.07) is 9.75. The number of pyridine rings is 1. The summed E-state index contributed by atoms with van der Waals surface area (Å²) in [5.41, 5.74) is 1.75. The number of carbonyl (C=O) groups excluding carboxylic acids is 2. The van der Waals surface area contributed by atoms with Gasteiger partial charge in [0, 0.05) is 24.2 Å². The van der Waals surface area contributed by atoms with Crippen molar-refractivity contribution < 1.29 is 9.59 Å². The van der Waals surface area contributed by atoms with Crippen molar-refractivity contribution in [3.63, 3.8) is 0 Å². The number of aromatic nitrogens is 1. The van der Waals surface area contributed by atoms with Crippen LogP contribution in [0.2, 0.25) is 0 Å². The minimum Gasteiger partial charge on any atom is -0.275 e. The van der Waals surface area contributed by atoms with Crippen molar-refractivity contribution in [2.24, 2.45) is 0 Å². The van der Waals surface area contributed by atoms with Crippen LogP contribution in [-0.2, 0) is 9.59 Å². The first-order valence-electron chi connectivity index (χ1n) is 6.79. The van der Waals surface area contributed by atoms with Crippen LogP contribution < -0.4 is 0 Å². The van der Waals surface area contributed by atoms with Crippen molar-refractivity contribution in [3.8, 4) is 0 Å². The van der Waals surface area contributed by atoms with Crippen molar-refractivity contribution >= 4 is 28.8 Å². The van der Waals surface area contributed by atoms with Gasteiger partial charge in [-0.1, -0.05) is 24.3 Å². The number of para-hydroxylation sites is 1. The molecular formula is C17H14N2O2. The molecule has 0 fully saturated rings. The average Bonchev–Trinajstić information content (AvgIpc) is 2.53. The fourth-order valence-electron chi connectivity index (χ4n) is 2.24. The van der Waals surface area contributed by atoms with Crippen LogP contribution in [0.15, 0.2) is 54.8 Å². The molecule has 4 heteroatoms. The third kappa shape index (κ3) is 2.89. The van der Waals surface area contributed by atoms with Gasteiger partial charge in [-0.05, 0) is 36.3 Å². The molecule has 0 N–H and O–H groups in total. The largest absolute Gasteiger partial charge is 0.275 e. The van der Waals surface area contributed by atoms with E-state index in [-0.39, 0.29) is 11.8 Å². The zero-order valence-electron chi connectivity index (χ0n) is 11.4. The summed E-state index contributed by atoms with van der Waals surface area (Å²) < 4.78 is 0. The van der Waals surface area contributed by atoms with Crippen molar-refractivity contribution in [1.82, 2.24) is 9.88 Å². The molecule has 1 aromatic heterocycles. The van der Waals surface area contributed by atoms with E-state index in [1.54, 1.807) is 18.3 Å². The Labute approximate surface area is 122 Å². The fourth-order valence-corrected chi connectivity index (χ4v) is 2.24. The molecule has 0 aliphatic carbocycles. The molecule has 21 heavy (non-hydrogen) atoms. The van der Waals surface area contributed by atoms with Crippen LogP contribution >= 0.6 is 0 Å². The third-order valence-electron chi connectivity index (χ3n) is 3.34. The lowest BCUT2D eigenvalue weighted by atomic mass is 10.1. The van der Waals surface area contributed by atoms with Gasteiger partial charge in [-0.25, -0.2) is 0 Å². The molecule has 0 saturated carbocycles. The number of carbonyl (C=O) groups is 2. The minimum absolute atomic E-state index is 0.257. The van der Waals surface area contributed by atoms with Crippen LogP contribution in [-0.4, -0.2) is 28.2 Å². The molecule has 2 heterocycles. The number of benzene rings is 1. The highest BCUT2D eigenvalue weighted by Crippen LogP contribution is 2.14. The molecule has 2 aromatic rings. The fraction of sp³-hybridized carbons (Fsp3) is 0.118. The molecule has 0 atom stereocenters. The maximum atomic E-state index is 12.0. The Morgan fingerprint density at radius 1 is 1.29 bits per heavy atom. The van der Waals surface area contributed by atoms with Crippen molar-refractivity contribution in [2.75, 3.05) is 6.54 Å². The van der Waals surface area contributed by atoms with Gasteiger partial charge in [-0.3, -0.25) is 19.5 Å². The monoisotopic (exact) mass is 278 g/mol. The van der Waals surface area contributed by atoms with Crippen LogP contribution in [0.4, 0.5) is 0 Å². The zero-order valence-corrected chi connectivity index (χ0v) is 11.4. The van der Waals surface area contributed by atoms with E-state index in [9.17, 15) is 9.59 Å². The van der Waals surface area contributed by atoms with Gasteiger partial charge in [-0.2, -0.15) is 0 Å². The van der Waals surface area contributed by atoms with E-state index in [1.165, 1.54) is 17.1 Å². The molecule has 0 bridgehead atoms. The van der Waals surface area contributed by atoms with E-state index < -0.39 is 0 Å². The summed E-state index contributed by atoms with van der Waals surface area (Å²) in [6.07, 6.45) is 8.75. The Bertz CT molecular complexity index is 762. The molecule has 3 rings (SSSR count). The van der Waals surface area contributed by atoms with Crippen LogP contribution in [0.3, 0.4) is 0 Å². The molecule has 1 aromatic carbocycles. The quantitative estimate of drug-likeness (QED) is 0.793. The molecule has 2 amide bonds. The number of fused-ring (bicyclic) bond motifs is 1. The van der Waals surface area contributed by atoms with Crippen LogP contribution in [0, 0.1) is 0 Å². The van der Waals surface area contributed by atoms with E-state index in [2.05, 4.69) is 4.98 Å². The highest BCUT2D eigenvalue weighted by molar-refractivity contribution is 6.07. The molecule has 0 spiro atoms. The van der Waals surface area contributed by atoms with Crippen molar-refractivity contribution in [2.45, 2.75) is 6.42 Å². The first-order chi connectivity index (χ1) is 10.2. The number of amides is 2. The van der Waals surface area contributed by atoms with Crippen molar-refractivity contribution in [3.05, 3.63) is 60.3 Å². The second kappa shape index (κ2) is 5.71. The molecule has 104 valence electrons. The van der Waals surface area contributed by atoms with E-state index in [0.29, 0.717) is 13.0 Å². The summed E-state index contributed by atoms with van der Waals surface area (Å²) >= 11 is 0. The van der Waals surface area contributed by atoms with Gasteiger partial charge in [-0.15, -0.1) is 0 Å². The molecule has 4 nitrogen and oxygen atoms in total. The summed E-state index contributed by atoms with van der Waals surface area (Å²) in [4.78, 5) is 29.2. The SMILES string of the molecule is O=C1C=CCCN1C(=O)/C=C/c1cnc2ccccc2c1. The van der Waals surface area contributed by atoms with Gasteiger partial charge in [0.1, 0.15) is 0 Å². The van der Waals surface area contributed by atoms with E-state index in [4.69, 9.17) is 0 Å². The highest BCUT2D eigenvalue weighted by Gasteiger charge is 2.18. The lowest BCUT2D eigenvalue weighted by Crippen LogP contribution is -2.37. The molecule has 1 aliphatic rings. The molecular weight excluding hydrogens is 264 g/mol. The number of nitrogens with zero attached hydrogens (tertiary/aromatic N) is 2. The zero-order chi connectivity index (χ0) is 14.7. The van der Waals surface area contributed by atoms with Gasteiger partial charge in [0.25, 0.3) is 11.8 Å². The van der Waals surface area contributed by atoms with Crippen LogP contribution in [0.1, 0.15) is 12.0 Å². The average molecular weight is 278 g/mol. The first kappa shape index (κ1) is 13.2. The second-order valence-corrected chi connectivity index (χ2v) is 4.81. The summed E-state index contributed by atoms with van der Waals surface area (Å²) in [5, 5.41) is 1.02. The van der Waals surface area contributed by atoms with Gasteiger partial charge in [0.2, 0.25) is 0 Å². The number of rotatable bonds is 2. The Morgan fingerprint density at radius 3 is 3.00 bits per heavy atom.